The normalized spacial score (nSPS) is 15.6. The van der Waals surface area contributed by atoms with Crippen molar-refractivity contribution < 1.29 is 29.4 Å². The van der Waals surface area contributed by atoms with Gasteiger partial charge in [-0.2, -0.15) is 0 Å². The number of hydrogen-bond donors (Lipinski definition) is 8. The van der Waals surface area contributed by atoms with Crippen molar-refractivity contribution in [3.05, 3.63) is 0 Å². The van der Waals surface area contributed by atoms with E-state index in [1.807, 2.05) is 13.8 Å². The second kappa shape index (κ2) is 14.2. The maximum atomic E-state index is 12.5. The van der Waals surface area contributed by atoms with E-state index < -0.39 is 54.0 Å². The van der Waals surface area contributed by atoms with Crippen LogP contribution in [0.5, 0.6) is 0 Å². The lowest BCUT2D eigenvalue weighted by Crippen LogP contribution is -2.59. The van der Waals surface area contributed by atoms with Gasteiger partial charge < -0.3 is 43.4 Å². The van der Waals surface area contributed by atoms with E-state index in [1.165, 1.54) is 13.8 Å². The van der Waals surface area contributed by atoms with Crippen molar-refractivity contribution in [2.45, 2.75) is 77.2 Å². The molecular weight excluding hydrogens is 422 g/mol. The molecule has 0 saturated heterocycles. The van der Waals surface area contributed by atoms with Crippen LogP contribution in [0.25, 0.3) is 0 Å². The first-order valence-corrected chi connectivity index (χ1v) is 10.4. The first kappa shape index (κ1) is 29.1. The van der Waals surface area contributed by atoms with Crippen LogP contribution in [-0.2, 0) is 19.2 Å². The Morgan fingerprint density at radius 3 is 2.00 bits per heavy atom. The molecule has 0 aliphatic heterocycles. The number of hydrogen-bond acceptors (Lipinski definition) is 7. The summed E-state index contributed by atoms with van der Waals surface area (Å²) in [4.78, 5) is 52.2. The highest BCUT2D eigenvalue weighted by atomic mass is 16.4. The third-order valence-corrected chi connectivity index (χ3v) is 4.44. The summed E-state index contributed by atoms with van der Waals surface area (Å²) in [7, 11) is 0. The number of amides is 3. The van der Waals surface area contributed by atoms with Gasteiger partial charge >= 0.3 is 5.97 Å². The van der Waals surface area contributed by atoms with Gasteiger partial charge in [0.1, 0.15) is 18.1 Å². The standard InChI is InChI=1S/C19H37N7O6/c1-9(2)8-12(20)16(29)24-10(3)15(28)26-14(11(4)27)17(30)25-13(18(31)32)6-5-7-23-19(21)22/h9-14,27H,5-8,20H2,1-4H3,(H,24,29)(H,25,30)(H,26,28)(H,31,32)(H4,21,22,23). The summed E-state index contributed by atoms with van der Waals surface area (Å²) >= 11 is 0. The quantitative estimate of drug-likeness (QED) is 0.0768. The minimum absolute atomic E-state index is 0.0263. The molecule has 0 fully saturated rings. The van der Waals surface area contributed by atoms with E-state index in [9.17, 15) is 29.4 Å². The zero-order valence-corrected chi connectivity index (χ0v) is 19.0. The van der Waals surface area contributed by atoms with Crippen LogP contribution in [0.15, 0.2) is 4.99 Å². The minimum Gasteiger partial charge on any atom is -0.480 e. The number of nitrogens with two attached hydrogens (primary N) is 3. The van der Waals surface area contributed by atoms with E-state index in [4.69, 9.17) is 17.2 Å². The van der Waals surface area contributed by atoms with E-state index in [0.29, 0.717) is 6.42 Å². The lowest BCUT2D eigenvalue weighted by molar-refractivity contribution is -0.143. The Balaban J connectivity index is 4.99. The molecule has 0 aromatic rings. The van der Waals surface area contributed by atoms with E-state index in [2.05, 4.69) is 20.9 Å². The van der Waals surface area contributed by atoms with Gasteiger partial charge in [-0.3, -0.25) is 19.4 Å². The van der Waals surface area contributed by atoms with Crippen LogP contribution in [0.2, 0.25) is 0 Å². The SMILES string of the molecule is CC(C)CC(N)C(=O)NC(C)C(=O)NC(C(=O)NC(CCCN=C(N)N)C(=O)O)C(C)O. The Morgan fingerprint density at radius 1 is 0.938 bits per heavy atom. The highest BCUT2D eigenvalue weighted by molar-refractivity contribution is 5.94. The highest BCUT2D eigenvalue weighted by Crippen LogP contribution is 2.04. The number of carboxylic acid groups (broad SMARTS) is 1. The van der Waals surface area contributed by atoms with Gasteiger partial charge in [-0.15, -0.1) is 0 Å². The Hall–Kier alpha value is -2.93. The average Bonchev–Trinajstić information content (AvgIpc) is 2.66. The Kier molecular flexibility index (Phi) is 12.9. The summed E-state index contributed by atoms with van der Waals surface area (Å²) < 4.78 is 0. The van der Waals surface area contributed by atoms with Gasteiger partial charge in [-0.05, 0) is 39.0 Å². The van der Waals surface area contributed by atoms with Gasteiger partial charge in [-0.1, -0.05) is 13.8 Å². The number of carboxylic acids is 1. The van der Waals surface area contributed by atoms with Gasteiger partial charge in [0.25, 0.3) is 0 Å². The number of aliphatic hydroxyl groups excluding tert-OH is 1. The largest absolute Gasteiger partial charge is 0.480 e. The predicted octanol–water partition coefficient (Wildman–Crippen LogP) is -2.65. The number of carbonyl (C=O) groups is 4. The van der Waals surface area contributed by atoms with Crippen molar-refractivity contribution in [1.29, 1.82) is 0 Å². The summed E-state index contributed by atoms with van der Waals surface area (Å²) in [6.45, 7) is 6.65. The highest BCUT2D eigenvalue weighted by Gasteiger charge is 2.31. The van der Waals surface area contributed by atoms with Crippen LogP contribution in [0, 0.1) is 5.92 Å². The van der Waals surface area contributed by atoms with Gasteiger partial charge in [0, 0.05) is 6.54 Å². The number of aliphatic carboxylic acids is 1. The van der Waals surface area contributed by atoms with E-state index >= 15 is 0 Å². The third kappa shape index (κ3) is 11.5. The maximum absolute atomic E-state index is 12.5. The van der Waals surface area contributed by atoms with Crippen molar-refractivity contribution in [3.8, 4) is 0 Å². The topological polar surface area (TPSA) is 235 Å². The van der Waals surface area contributed by atoms with Crippen LogP contribution in [0.3, 0.4) is 0 Å². The second-order valence-electron chi connectivity index (χ2n) is 8.04. The number of nitrogens with zero attached hydrogens (tertiary/aromatic N) is 1. The maximum Gasteiger partial charge on any atom is 0.326 e. The lowest BCUT2D eigenvalue weighted by Gasteiger charge is -2.25. The molecule has 3 amide bonds. The molecule has 0 saturated carbocycles. The Morgan fingerprint density at radius 2 is 1.53 bits per heavy atom. The summed E-state index contributed by atoms with van der Waals surface area (Å²) in [5, 5.41) is 26.3. The monoisotopic (exact) mass is 459 g/mol. The van der Waals surface area contributed by atoms with Crippen LogP contribution < -0.4 is 33.2 Å². The molecule has 0 aromatic heterocycles. The molecule has 13 heteroatoms. The van der Waals surface area contributed by atoms with Crippen LogP contribution in [0.4, 0.5) is 0 Å². The first-order chi connectivity index (χ1) is 14.8. The fourth-order valence-corrected chi connectivity index (χ4v) is 2.71. The van der Waals surface area contributed by atoms with Gasteiger partial charge in [0.05, 0.1) is 12.1 Å². The van der Waals surface area contributed by atoms with E-state index in [0.717, 1.165) is 0 Å². The molecule has 0 heterocycles. The molecule has 5 unspecified atom stereocenters. The molecule has 0 bridgehead atoms. The summed E-state index contributed by atoms with van der Waals surface area (Å²) in [6.07, 6.45) is -0.598. The van der Waals surface area contributed by atoms with Gasteiger partial charge in [0.2, 0.25) is 17.7 Å². The van der Waals surface area contributed by atoms with Crippen LogP contribution in [0.1, 0.15) is 47.0 Å². The number of carbonyl (C=O) groups excluding carboxylic acids is 3. The van der Waals surface area contributed by atoms with Crippen molar-refractivity contribution in [2.24, 2.45) is 28.1 Å². The zero-order valence-electron chi connectivity index (χ0n) is 19.0. The molecular formula is C19H37N7O6. The third-order valence-electron chi connectivity index (χ3n) is 4.44. The summed E-state index contributed by atoms with van der Waals surface area (Å²) in [6, 6.07) is -4.55. The molecule has 0 aliphatic rings. The summed E-state index contributed by atoms with van der Waals surface area (Å²) in [5.74, 6) is -3.40. The molecule has 32 heavy (non-hydrogen) atoms. The lowest BCUT2D eigenvalue weighted by atomic mass is 10.0. The fourth-order valence-electron chi connectivity index (χ4n) is 2.71. The van der Waals surface area contributed by atoms with Crippen molar-refractivity contribution >= 4 is 29.7 Å². The second-order valence-corrected chi connectivity index (χ2v) is 8.04. The molecule has 0 rings (SSSR count). The van der Waals surface area contributed by atoms with Crippen molar-refractivity contribution in [2.75, 3.05) is 6.54 Å². The van der Waals surface area contributed by atoms with Gasteiger partial charge in [-0.25, -0.2) is 4.79 Å². The molecule has 0 aliphatic carbocycles. The molecule has 11 N–H and O–H groups in total. The van der Waals surface area contributed by atoms with Crippen molar-refractivity contribution in [3.63, 3.8) is 0 Å². The molecule has 0 spiro atoms. The van der Waals surface area contributed by atoms with Crippen LogP contribution >= 0.6 is 0 Å². The molecule has 184 valence electrons. The first-order valence-electron chi connectivity index (χ1n) is 10.4. The zero-order chi connectivity index (χ0) is 25.0. The predicted molar refractivity (Wildman–Crippen MR) is 118 cm³/mol. The summed E-state index contributed by atoms with van der Waals surface area (Å²) in [5.41, 5.74) is 16.2. The number of aliphatic imine (C=N–C) groups is 1. The number of nitrogens with one attached hydrogen (secondary N) is 3. The van der Waals surface area contributed by atoms with E-state index in [-0.39, 0.29) is 31.3 Å². The molecule has 13 nitrogen and oxygen atoms in total. The van der Waals surface area contributed by atoms with E-state index in [1.54, 1.807) is 0 Å². The minimum atomic E-state index is -1.44. The number of aliphatic hydroxyl groups is 1. The average molecular weight is 460 g/mol. The fraction of sp³-hybridized carbons (Fsp3) is 0.737. The Bertz CT molecular complexity index is 679. The molecule has 0 aromatic carbocycles. The number of guanidine groups is 1. The smallest absolute Gasteiger partial charge is 0.326 e. The molecule has 0 radical (unpaired) electrons. The number of rotatable bonds is 14. The molecule has 5 atom stereocenters. The Labute approximate surface area is 187 Å². The van der Waals surface area contributed by atoms with Gasteiger partial charge in [0.15, 0.2) is 5.96 Å². The van der Waals surface area contributed by atoms with Crippen LogP contribution in [-0.4, -0.2) is 76.7 Å². The van der Waals surface area contributed by atoms with Crippen molar-refractivity contribution in [1.82, 2.24) is 16.0 Å².